The number of amides is 1. The highest BCUT2D eigenvalue weighted by Crippen LogP contribution is 2.47. The normalized spacial score (nSPS) is 15.0. The molecule has 0 spiro atoms. The van der Waals surface area contributed by atoms with Gasteiger partial charge in [-0.05, 0) is 84.6 Å². The predicted molar refractivity (Wildman–Crippen MR) is 130 cm³/mol. The molecule has 5 rings (SSSR count). The molecular weight excluding hydrogens is 529 g/mol. The molecule has 1 saturated carbocycles. The highest BCUT2D eigenvalue weighted by Gasteiger charge is 2.43. The fraction of sp³-hybridized carbons (Fsp3) is 0.292. The van der Waals surface area contributed by atoms with Gasteiger partial charge in [0.05, 0.1) is 20.4 Å². The summed E-state index contributed by atoms with van der Waals surface area (Å²) in [5.74, 6) is -0.459. The van der Waals surface area contributed by atoms with Crippen molar-refractivity contribution in [1.82, 2.24) is 14.8 Å². The predicted octanol–water partition coefficient (Wildman–Crippen LogP) is 7.33. The number of alkyl halides is 3. The zero-order valence-electron chi connectivity index (χ0n) is 18.3. The molecule has 1 fully saturated rings. The van der Waals surface area contributed by atoms with Crippen LogP contribution in [-0.4, -0.2) is 20.7 Å². The number of hydrogen-bond donors (Lipinski definition) is 1. The van der Waals surface area contributed by atoms with Crippen LogP contribution in [0, 0.1) is 6.92 Å². The number of anilines is 1. The summed E-state index contributed by atoms with van der Waals surface area (Å²) in [4.78, 5) is 17.6. The number of aryl methyl sites for hydroxylation is 1. The molecule has 1 unspecified atom stereocenters. The summed E-state index contributed by atoms with van der Waals surface area (Å²) in [6.07, 6.45) is -3.04. The van der Waals surface area contributed by atoms with Gasteiger partial charge in [-0.2, -0.15) is 18.3 Å². The average Bonchev–Trinajstić information content (AvgIpc) is 3.43. The van der Waals surface area contributed by atoms with Crippen LogP contribution in [0.2, 0.25) is 0 Å². The van der Waals surface area contributed by atoms with Crippen molar-refractivity contribution in [2.75, 3.05) is 5.32 Å². The summed E-state index contributed by atoms with van der Waals surface area (Å²) in [5, 5.41) is 7.43. The van der Waals surface area contributed by atoms with Crippen LogP contribution in [0.15, 0.2) is 46.9 Å². The molecule has 1 aliphatic rings. The molecule has 1 N–H and O–H groups in total. The van der Waals surface area contributed by atoms with E-state index in [9.17, 15) is 18.0 Å². The summed E-state index contributed by atoms with van der Waals surface area (Å²) in [6.45, 7) is 3.59. The Morgan fingerprint density at radius 2 is 1.91 bits per heavy atom. The smallest absolute Gasteiger partial charge is 0.324 e. The molecule has 2 aromatic carbocycles. The van der Waals surface area contributed by atoms with Gasteiger partial charge in [-0.25, -0.2) is 4.98 Å². The Hall–Kier alpha value is -2.72. The molecule has 4 aromatic rings. The largest absolute Gasteiger partial charge is 0.436 e. The maximum atomic E-state index is 13.4. The maximum Gasteiger partial charge on any atom is 0.436 e. The van der Waals surface area contributed by atoms with E-state index in [1.54, 1.807) is 30.4 Å². The number of carbonyl (C=O) groups is 1. The first kappa shape index (κ1) is 23.0. The average molecular weight is 549 g/mol. The monoisotopic (exact) mass is 548 g/mol. The van der Waals surface area contributed by atoms with Crippen molar-refractivity contribution >= 4 is 49.1 Å². The quantitative estimate of drug-likeness (QED) is 0.284. The van der Waals surface area contributed by atoms with Crippen molar-refractivity contribution < 1.29 is 18.0 Å². The fourth-order valence-corrected chi connectivity index (χ4v) is 5.71. The van der Waals surface area contributed by atoms with E-state index >= 15 is 0 Å². The van der Waals surface area contributed by atoms with Gasteiger partial charge in [0, 0.05) is 17.2 Å². The number of fused-ring (bicyclic) bond motifs is 1. The number of rotatable bonds is 5. The van der Waals surface area contributed by atoms with Crippen molar-refractivity contribution in [2.45, 2.75) is 44.8 Å². The molecule has 0 bridgehead atoms. The molecule has 2 heterocycles. The summed E-state index contributed by atoms with van der Waals surface area (Å²) < 4.78 is 42.4. The first-order chi connectivity index (χ1) is 16.1. The van der Waals surface area contributed by atoms with E-state index < -0.39 is 23.8 Å². The number of aromatic nitrogens is 3. The highest BCUT2D eigenvalue weighted by atomic mass is 79.9. The molecule has 5 nitrogen and oxygen atoms in total. The lowest BCUT2D eigenvalue weighted by atomic mass is 10.2. The second-order valence-corrected chi connectivity index (χ2v) is 10.3. The van der Waals surface area contributed by atoms with E-state index in [2.05, 4.69) is 37.4 Å². The molecule has 176 valence electrons. The van der Waals surface area contributed by atoms with Crippen LogP contribution in [0.1, 0.15) is 48.7 Å². The third-order valence-corrected chi connectivity index (χ3v) is 7.66. The van der Waals surface area contributed by atoms with Crippen molar-refractivity contribution in [3.63, 3.8) is 0 Å². The molecule has 1 aliphatic carbocycles. The Balaban J connectivity index is 1.35. The van der Waals surface area contributed by atoms with Gasteiger partial charge in [0.2, 0.25) is 5.91 Å². The van der Waals surface area contributed by atoms with Crippen molar-refractivity contribution in [3.05, 3.63) is 63.9 Å². The van der Waals surface area contributed by atoms with Crippen molar-refractivity contribution in [2.24, 2.45) is 0 Å². The Labute approximate surface area is 206 Å². The summed E-state index contributed by atoms with van der Waals surface area (Å²) in [6, 6.07) is 12.5. The summed E-state index contributed by atoms with van der Waals surface area (Å²) in [7, 11) is 0. The molecule has 34 heavy (non-hydrogen) atoms. The highest BCUT2D eigenvalue weighted by molar-refractivity contribution is 9.10. The zero-order chi connectivity index (χ0) is 24.2. The Morgan fingerprint density at radius 3 is 2.56 bits per heavy atom. The Bertz CT molecular complexity index is 1390. The van der Waals surface area contributed by atoms with E-state index in [4.69, 9.17) is 0 Å². The third kappa shape index (κ3) is 4.36. The lowest BCUT2D eigenvalue weighted by molar-refractivity contribution is -0.142. The molecule has 2 aromatic heterocycles. The van der Waals surface area contributed by atoms with Gasteiger partial charge in [-0.15, -0.1) is 11.3 Å². The first-order valence-corrected chi connectivity index (χ1v) is 12.4. The number of carbonyl (C=O) groups excluding carboxylic acids is 1. The topological polar surface area (TPSA) is 59.8 Å². The number of nitrogens with one attached hydrogen (secondary N) is 1. The van der Waals surface area contributed by atoms with Crippen LogP contribution >= 0.6 is 27.3 Å². The van der Waals surface area contributed by atoms with Gasteiger partial charge in [-0.3, -0.25) is 9.48 Å². The second kappa shape index (κ2) is 8.49. The van der Waals surface area contributed by atoms with Gasteiger partial charge in [0.15, 0.2) is 5.69 Å². The standard InChI is InChI=1S/C24H20BrF3N4OS/c1-12-3-10-17-18(11-12)34-23(30-17)15-6-8-16(9-7-15)29-22(33)13(2)32-20(14-4-5-14)19(25)21(31-32)24(26,27)28/h3,6-11,13-14H,4-5H2,1-2H3,(H,29,33). The Kier molecular flexibility index (Phi) is 5.76. The lowest BCUT2D eigenvalue weighted by Crippen LogP contribution is -2.26. The molecule has 10 heteroatoms. The minimum atomic E-state index is -4.60. The number of thiazole rings is 1. The lowest BCUT2D eigenvalue weighted by Gasteiger charge is -2.16. The van der Waals surface area contributed by atoms with Crippen LogP contribution < -0.4 is 5.32 Å². The zero-order valence-corrected chi connectivity index (χ0v) is 20.7. The molecule has 1 amide bonds. The summed E-state index contributed by atoms with van der Waals surface area (Å²) >= 11 is 4.67. The molecular formula is C24H20BrF3N4OS. The van der Waals surface area contributed by atoms with Crippen LogP contribution in [0.5, 0.6) is 0 Å². The van der Waals surface area contributed by atoms with Crippen LogP contribution in [0.4, 0.5) is 18.9 Å². The molecule has 0 radical (unpaired) electrons. The number of benzene rings is 2. The number of hydrogen-bond acceptors (Lipinski definition) is 4. The van der Waals surface area contributed by atoms with E-state index in [1.165, 1.54) is 10.2 Å². The van der Waals surface area contributed by atoms with Crippen molar-refractivity contribution in [3.8, 4) is 10.6 Å². The third-order valence-electron chi connectivity index (χ3n) is 5.81. The van der Waals surface area contributed by atoms with E-state index in [1.807, 2.05) is 31.2 Å². The van der Waals surface area contributed by atoms with Crippen molar-refractivity contribution in [1.29, 1.82) is 0 Å². The molecule has 0 saturated heterocycles. The minimum absolute atomic E-state index is 0.0231. The number of nitrogens with zero attached hydrogens (tertiary/aromatic N) is 3. The maximum absolute atomic E-state index is 13.4. The van der Waals surface area contributed by atoms with Gasteiger partial charge in [0.25, 0.3) is 0 Å². The summed E-state index contributed by atoms with van der Waals surface area (Å²) in [5.41, 5.74) is 3.01. The SMILES string of the molecule is Cc1ccc2nc(-c3ccc(NC(=O)C(C)n4nc(C(F)(F)F)c(Br)c4C4CC4)cc3)sc2c1. The fourth-order valence-electron chi connectivity index (χ4n) is 3.84. The first-order valence-electron chi connectivity index (χ1n) is 10.8. The number of halogens is 4. The van der Waals surface area contributed by atoms with Gasteiger partial charge in [0.1, 0.15) is 11.0 Å². The van der Waals surface area contributed by atoms with E-state index in [0.717, 1.165) is 33.6 Å². The van der Waals surface area contributed by atoms with Gasteiger partial charge in [-0.1, -0.05) is 6.07 Å². The van der Waals surface area contributed by atoms with Gasteiger partial charge < -0.3 is 5.32 Å². The second-order valence-electron chi connectivity index (χ2n) is 8.50. The minimum Gasteiger partial charge on any atom is -0.324 e. The molecule has 0 aliphatic heterocycles. The van der Waals surface area contributed by atoms with Crippen LogP contribution in [0.3, 0.4) is 0 Å². The van der Waals surface area contributed by atoms with E-state index in [0.29, 0.717) is 11.4 Å². The Morgan fingerprint density at radius 1 is 1.21 bits per heavy atom. The van der Waals surface area contributed by atoms with E-state index in [-0.39, 0.29) is 10.4 Å². The van der Waals surface area contributed by atoms with Crippen LogP contribution in [0.25, 0.3) is 20.8 Å². The van der Waals surface area contributed by atoms with Crippen LogP contribution in [-0.2, 0) is 11.0 Å². The molecule has 1 atom stereocenters. The van der Waals surface area contributed by atoms with Gasteiger partial charge >= 0.3 is 6.18 Å².